The van der Waals surface area contributed by atoms with Gasteiger partial charge >= 0.3 is 11.9 Å². The zero-order valence-electron chi connectivity index (χ0n) is 14.3. The molecule has 0 saturated heterocycles. The third kappa shape index (κ3) is 4.46. The first-order valence-corrected chi connectivity index (χ1v) is 8.13. The predicted octanol–water partition coefficient (Wildman–Crippen LogP) is 2.47. The average molecular weight is 438 g/mol. The van der Waals surface area contributed by atoms with Crippen molar-refractivity contribution in [3.8, 4) is 5.69 Å². The van der Waals surface area contributed by atoms with Crippen molar-refractivity contribution < 1.29 is 22.8 Å². The molecule has 0 aliphatic rings. The summed E-state index contributed by atoms with van der Waals surface area (Å²) in [7, 11) is 2.06. The average Bonchev–Trinajstić information content (AvgIpc) is 2.59. The van der Waals surface area contributed by atoms with E-state index in [1.165, 1.54) is 25.3 Å². The molecule has 1 N–H and O–H groups in total. The lowest BCUT2D eigenvalue weighted by atomic mass is 10.1. The summed E-state index contributed by atoms with van der Waals surface area (Å²) < 4.78 is 39.8. The monoisotopic (exact) mass is 437 g/mol. The Bertz CT molecular complexity index is 1070. The number of halogens is 5. The number of nitrogens with one attached hydrogen (secondary N) is 1. The van der Waals surface area contributed by atoms with Crippen molar-refractivity contribution in [3.63, 3.8) is 0 Å². The first-order chi connectivity index (χ1) is 13.0. The Balaban J connectivity index is 2.76. The molecule has 1 heterocycles. The minimum atomic E-state index is -4.89. The highest BCUT2D eigenvalue weighted by Gasteiger charge is 2.35. The van der Waals surface area contributed by atoms with E-state index in [9.17, 15) is 27.6 Å². The summed E-state index contributed by atoms with van der Waals surface area (Å²) in [5, 5.41) is -0.217. The highest BCUT2D eigenvalue weighted by Crippen LogP contribution is 2.27. The molecule has 0 atom stereocenters. The Morgan fingerprint density at radius 1 is 1.25 bits per heavy atom. The van der Waals surface area contributed by atoms with Crippen molar-refractivity contribution in [1.29, 1.82) is 0 Å². The fourth-order valence-electron chi connectivity index (χ4n) is 2.31. The van der Waals surface area contributed by atoms with E-state index in [4.69, 9.17) is 23.2 Å². The molecule has 12 heteroatoms. The van der Waals surface area contributed by atoms with Gasteiger partial charge in [0.05, 0.1) is 12.8 Å². The van der Waals surface area contributed by atoms with Gasteiger partial charge in [0.25, 0.3) is 11.5 Å². The van der Waals surface area contributed by atoms with Gasteiger partial charge < -0.3 is 0 Å². The second-order valence-electron chi connectivity index (χ2n) is 5.37. The topological polar surface area (TPSA) is 82.3 Å². The van der Waals surface area contributed by atoms with Crippen molar-refractivity contribution in [2.45, 2.75) is 6.18 Å². The van der Waals surface area contributed by atoms with Crippen LogP contribution in [-0.2, 0) is 22.9 Å². The molecule has 0 unspecified atom stereocenters. The number of hydrogen-bond acceptors (Lipinski definition) is 4. The summed E-state index contributed by atoms with van der Waals surface area (Å²) >= 11 is 11.8. The molecule has 7 nitrogen and oxygen atoms in total. The van der Waals surface area contributed by atoms with Crippen LogP contribution in [-0.4, -0.2) is 22.2 Å². The van der Waals surface area contributed by atoms with E-state index >= 15 is 0 Å². The van der Waals surface area contributed by atoms with E-state index in [1.807, 2.05) is 5.48 Å². The molecule has 0 aliphatic carbocycles. The highest BCUT2D eigenvalue weighted by atomic mass is 35.5. The Morgan fingerprint density at radius 3 is 2.46 bits per heavy atom. The molecular formula is C16H12Cl2F3N3O4. The van der Waals surface area contributed by atoms with Gasteiger partial charge in [-0.05, 0) is 24.3 Å². The van der Waals surface area contributed by atoms with Crippen molar-refractivity contribution in [2.24, 2.45) is 7.05 Å². The molecule has 0 saturated carbocycles. The molecule has 0 aliphatic heterocycles. The highest BCUT2D eigenvalue weighted by molar-refractivity contribution is 6.44. The second kappa shape index (κ2) is 8.21. The van der Waals surface area contributed by atoms with Crippen LogP contribution in [0.3, 0.4) is 0 Å². The van der Waals surface area contributed by atoms with Crippen molar-refractivity contribution in [2.75, 3.05) is 7.11 Å². The molecular weight excluding hydrogens is 426 g/mol. The van der Waals surface area contributed by atoms with E-state index in [1.54, 1.807) is 0 Å². The number of carbonyl (C=O) groups excluding carboxylic acids is 1. The maximum Gasteiger partial charge on any atom is 0.431 e. The van der Waals surface area contributed by atoms with Crippen LogP contribution in [0.4, 0.5) is 13.2 Å². The maximum absolute atomic E-state index is 13.0. The second-order valence-corrected chi connectivity index (χ2v) is 6.22. The zero-order chi connectivity index (χ0) is 21.2. The number of benzene rings is 1. The Kier molecular flexibility index (Phi) is 6.37. The molecule has 1 aromatic heterocycles. The van der Waals surface area contributed by atoms with E-state index in [0.29, 0.717) is 15.2 Å². The van der Waals surface area contributed by atoms with Gasteiger partial charge in [0.1, 0.15) is 10.7 Å². The summed E-state index contributed by atoms with van der Waals surface area (Å²) in [5.41, 5.74) is -1.97. The number of alkyl halides is 3. The third-order valence-electron chi connectivity index (χ3n) is 3.53. The summed E-state index contributed by atoms with van der Waals surface area (Å²) in [6, 6.07) is 4.13. The fraction of sp³-hybridized carbons (Fsp3) is 0.188. The molecule has 2 aromatic rings. The summed E-state index contributed by atoms with van der Waals surface area (Å²) in [6.45, 7) is 0. The molecule has 1 amide bonds. The maximum atomic E-state index is 13.0. The van der Waals surface area contributed by atoms with Crippen LogP contribution in [0.2, 0.25) is 5.02 Å². The summed E-state index contributed by atoms with van der Waals surface area (Å²) in [6.07, 6.45) is -3.81. The van der Waals surface area contributed by atoms with Crippen LogP contribution in [0.1, 0.15) is 11.3 Å². The molecule has 2 rings (SSSR count). The van der Waals surface area contributed by atoms with Gasteiger partial charge in [-0.1, -0.05) is 23.2 Å². The molecule has 0 fully saturated rings. The number of amides is 1. The quantitative estimate of drug-likeness (QED) is 0.588. The SMILES string of the molecule is CONC(=O)/C(Cl)=C/c1cc(Cl)ccc1-n1c(=O)cc(C(F)(F)F)n(C)c1=O. The fourth-order valence-corrected chi connectivity index (χ4v) is 2.64. The molecule has 1 aromatic carbocycles. The van der Waals surface area contributed by atoms with Crippen molar-refractivity contribution in [3.05, 3.63) is 66.4 Å². The van der Waals surface area contributed by atoms with Gasteiger partial charge in [-0.15, -0.1) is 0 Å². The van der Waals surface area contributed by atoms with Crippen molar-refractivity contribution >= 4 is 35.2 Å². The standard InChI is InChI=1S/C16H12Cl2F3N3O4/c1-23-12(16(19,20)21)7-13(25)24(15(23)27)11-4-3-9(17)5-8(11)6-10(18)14(26)22-28-2/h3-7H,1-2H3,(H,22,26)/b10-6-. The van der Waals surface area contributed by atoms with Crippen LogP contribution in [0.15, 0.2) is 38.9 Å². The molecule has 0 bridgehead atoms. The van der Waals surface area contributed by atoms with Gasteiger partial charge in [-0.25, -0.2) is 14.8 Å². The van der Waals surface area contributed by atoms with Gasteiger partial charge in [0.2, 0.25) is 0 Å². The number of hydrogen-bond donors (Lipinski definition) is 1. The number of carbonyl (C=O) groups is 1. The minimum absolute atomic E-state index is 0.0442. The smallest absolute Gasteiger partial charge is 0.292 e. The van der Waals surface area contributed by atoms with Crippen LogP contribution in [0.5, 0.6) is 0 Å². The minimum Gasteiger partial charge on any atom is -0.292 e. The van der Waals surface area contributed by atoms with Gasteiger partial charge in [-0.2, -0.15) is 13.2 Å². The van der Waals surface area contributed by atoms with Crippen LogP contribution in [0.25, 0.3) is 11.8 Å². The molecule has 28 heavy (non-hydrogen) atoms. The van der Waals surface area contributed by atoms with Crippen molar-refractivity contribution in [1.82, 2.24) is 14.6 Å². The van der Waals surface area contributed by atoms with Gasteiger partial charge in [0, 0.05) is 23.7 Å². The first kappa shape index (κ1) is 21.7. The van der Waals surface area contributed by atoms with E-state index in [2.05, 4.69) is 4.84 Å². The van der Waals surface area contributed by atoms with E-state index < -0.39 is 29.0 Å². The Labute approximate surface area is 165 Å². The molecule has 150 valence electrons. The van der Waals surface area contributed by atoms with Gasteiger partial charge in [-0.3, -0.25) is 19.0 Å². The Hall–Kier alpha value is -2.56. The van der Waals surface area contributed by atoms with Gasteiger partial charge in [0.15, 0.2) is 0 Å². The molecule has 0 radical (unpaired) electrons. The van der Waals surface area contributed by atoms with Crippen LogP contribution in [0, 0.1) is 0 Å². The third-order valence-corrected chi connectivity index (χ3v) is 4.05. The predicted molar refractivity (Wildman–Crippen MR) is 96.3 cm³/mol. The summed E-state index contributed by atoms with van der Waals surface area (Å²) in [5.74, 6) is -0.831. The summed E-state index contributed by atoms with van der Waals surface area (Å²) in [4.78, 5) is 40.9. The van der Waals surface area contributed by atoms with E-state index in [-0.39, 0.29) is 21.3 Å². The zero-order valence-corrected chi connectivity index (χ0v) is 15.8. The van der Waals surface area contributed by atoms with Crippen LogP contribution < -0.4 is 16.7 Å². The number of rotatable bonds is 4. The largest absolute Gasteiger partial charge is 0.431 e. The number of nitrogens with zero attached hydrogens (tertiary/aromatic N) is 2. The number of aromatic nitrogens is 2. The lowest BCUT2D eigenvalue weighted by Crippen LogP contribution is -2.41. The van der Waals surface area contributed by atoms with E-state index in [0.717, 1.165) is 13.1 Å². The normalized spacial score (nSPS) is 12.2. The first-order valence-electron chi connectivity index (χ1n) is 7.38. The molecule has 0 spiro atoms. The Morgan fingerprint density at radius 2 is 1.89 bits per heavy atom. The lowest BCUT2D eigenvalue weighted by molar-refractivity contribution is -0.144. The number of hydroxylamine groups is 1. The lowest BCUT2D eigenvalue weighted by Gasteiger charge is -2.15. The van der Waals surface area contributed by atoms with Crippen LogP contribution >= 0.6 is 23.2 Å².